The molecule has 0 aromatic carbocycles. The van der Waals surface area contributed by atoms with E-state index < -0.39 is 0 Å². The topological polar surface area (TPSA) is 53.2 Å². The lowest BCUT2D eigenvalue weighted by atomic mass is 9.99. The zero-order chi connectivity index (χ0) is 13.0. The van der Waals surface area contributed by atoms with E-state index in [0.717, 1.165) is 31.1 Å². The summed E-state index contributed by atoms with van der Waals surface area (Å²) in [6.07, 6.45) is 5.81. The third-order valence-corrected chi connectivity index (χ3v) is 3.82. The summed E-state index contributed by atoms with van der Waals surface area (Å²) in [4.78, 5) is 27.9. The van der Waals surface area contributed by atoms with Crippen molar-refractivity contribution < 1.29 is 4.79 Å². The van der Waals surface area contributed by atoms with E-state index in [1.54, 1.807) is 6.07 Å². The highest BCUT2D eigenvalue weighted by atomic mass is 79.9. The number of amides is 1. The molecule has 1 aromatic heterocycles. The zero-order valence-corrected chi connectivity index (χ0v) is 11.8. The minimum absolute atomic E-state index is 0.0249. The van der Waals surface area contributed by atoms with Crippen LogP contribution in [0.2, 0.25) is 0 Å². The summed E-state index contributed by atoms with van der Waals surface area (Å²) in [5.74, 6) is 0.0249. The van der Waals surface area contributed by atoms with Crippen LogP contribution in [0.25, 0.3) is 0 Å². The van der Waals surface area contributed by atoms with Crippen LogP contribution in [0.4, 0.5) is 0 Å². The SMILES string of the molecule is O=C(c1ccc(=O)[nH]c1)N1CCCCC1CCBr. The van der Waals surface area contributed by atoms with Gasteiger partial charge in [-0.15, -0.1) is 0 Å². The van der Waals surface area contributed by atoms with Crippen LogP contribution < -0.4 is 5.56 Å². The lowest BCUT2D eigenvalue weighted by Gasteiger charge is -2.35. The maximum atomic E-state index is 12.4. The molecule has 5 heteroatoms. The Bertz CT molecular complexity index is 450. The van der Waals surface area contributed by atoms with Crippen LogP contribution in [0.1, 0.15) is 36.0 Å². The van der Waals surface area contributed by atoms with Gasteiger partial charge in [-0.2, -0.15) is 0 Å². The summed E-state index contributed by atoms with van der Waals surface area (Å²) in [5, 5.41) is 0.910. The van der Waals surface area contributed by atoms with Crippen molar-refractivity contribution in [1.29, 1.82) is 0 Å². The number of carbonyl (C=O) groups excluding carboxylic acids is 1. The van der Waals surface area contributed by atoms with Crippen LogP contribution >= 0.6 is 15.9 Å². The molecule has 2 heterocycles. The summed E-state index contributed by atoms with van der Waals surface area (Å²) in [6.45, 7) is 0.815. The van der Waals surface area contributed by atoms with Gasteiger partial charge in [-0.1, -0.05) is 15.9 Å². The van der Waals surface area contributed by atoms with Gasteiger partial charge in [-0.05, 0) is 31.7 Å². The van der Waals surface area contributed by atoms with Crippen molar-refractivity contribution in [1.82, 2.24) is 9.88 Å². The van der Waals surface area contributed by atoms with Gasteiger partial charge in [0.1, 0.15) is 0 Å². The van der Waals surface area contributed by atoms with Gasteiger partial charge < -0.3 is 9.88 Å². The largest absolute Gasteiger partial charge is 0.336 e. The number of hydrogen-bond donors (Lipinski definition) is 1. The molecule has 0 saturated carbocycles. The average Bonchev–Trinajstić information content (AvgIpc) is 2.40. The van der Waals surface area contributed by atoms with Crippen molar-refractivity contribution in [3.05, 3.63) is 34.2 Å². The van der Waals surface area contributed by atoms with Gasteiger partial charge in [-0.3, -0.25) is 9.59 Å². The molecule has 1 aliphatic heterocycles. The highest BCUT2D eigenvalue weighted by Gasteiger charge is 2.26. The van der Waals surface area contributed by atoms with E-state index in [4.69, 9.17) is 0 Å². The standard InChI is InChI=1S/C13H17BrN2O2/c14-7-6-11-3-1-2-8-16(11)13(18)10-4-5-12(17)15-9-10/h4-5,9,11H,1-3,6-8H2,(H,15,17). The maximum Gasteiger partial charge on any atom is 0.255 e. The minimum atomic E-state index is -0.179. The Morgan fingerprint density at radius 1 is 1.44 bits per heavy atom. The van der Waals surface area contributed by atoms with Crippen molar-refractivity contribution in [2.24, 2.45) is 0 Å². The number of H-pyrrole nitrogens is 1. The number of pyridine rings is 1. The molecular formula is C13H17BrN2O2. The summed E-state index contributed by atoms with van der Waals surface area (Å²) in [6, 6.07) is 3.31. The van der Waals surface area contributed by atoms with E-state index in [2.05, 4.69) is 20.9 Å². The number of carbonyl (C=O) groups is 1. The fourth-order valence-corrected chi connectivity index (χ4v) is 2.93. The molecule has 4 nitrogen and oxygen atoms in total. The van der Waals surface area contributed by atoms with Crippen molar-refractivity contribution in [3.8, 4) is 0 Å². The molecule has 1 aliphatic rings. The fourth-order valence-electron chi connectivity index (χ4n) is 2.40. The maximum absolute atomic E-state index is 12.4. The van der Waals surface area contributed by atoms with E-state index in [0.29, 0.717) is 11.6 Å². The van der Waals surface area contributed by atoms with Crippen LogP contribution in [0.3, 0.4) is 0 Å². The molecule has 98 valence electrons. The van der Waals surface area contributed by atoms with Crippen LogP contribution in [-0.4, -0.2) is 33.7 Å². The molecule has 1 aromatic rings. The molecule has 1 atom stereocenters. The number of nitrogens with zero attached hydrogens (tertiary/aromatic N) is 1. The Kier molecular flexibility index (Phi) is 4.58. The second-order valence-corrected chi connectivity index (χ2v) is 5.36. The number of aromatic amines is 1. The van der Waals surface area contributed by atoms with Crippen LogP contribution in [0, 0.1) is 0 Å². The van der Waals surface area contributed by atoms with Crippen molar-refractivity contribution in [2.75, 3.05) is 11.9 Å². The molecular weight excluding hydrogens is 296 g/mol. The van der Waals surface area contributed by atoms with Crippen LogP contribution in [0.5, 0.6) is 0 Å². The first-order valence-corrected chi connectivity index (χ1v) is 7.40. The summed E-state index contributed by atoms with van der Waals surface area (Å²) < 4.78 is 0. The molecule has 0 bridgehead atoms. The molecule has 0 spiro atoms. The number of likely N-dealkylation sites (tertiary alicyclic amines) is 1. The zero-order valence-electron chi connectivity index (χ0n) is 10.2. The first-order chi connectivity index (χ1) is 8.72. The predicted molar refractivity (Wildman–Crippen MR) is 74.1 cm³/mol. The number of hydrogen-bond acceptors (Lipinski definition) is 2. The first-order valence-electron chi connectivity index (χ1n) is 6.28. The van der Waals surface area contributed by atoms with Gasteiger partial charge in [0.15, 0.2) is 0 Å². The number of rotatable bonds is 3. The summed E-state index contributed by atoms with van der Waals surface area (Å²) in [7, 11) is 0. The normalized spacial score (nSPS) is 19.8. The third kappa shape index (κ3) is 3.02. The van der Waals surface area contributed by atoms with Crippen molar-refractivity contribution in [2.45, 2.75) is 31.7 Å². The number of alkyl halides is 1. The second-order valence-electron chi connectivity index (χ2n) is 4.57. The fraction of sp³-hybridized carbons (Fsp3) is 0.538. The van der Waals surface area contributed by atoms with Crippen molar-refractivity contribution in [3.63, 3.8) is 0 Å². The van der Waals surface area contributed by atoms with Gasteiger partial charge in [-0.25, -0.2) is 0 Å². The Hall–Kier alpha value is -1.10. The molecule has 0 radical (unpaired) electrons. The highest BCUT2D eigenvalue weighted by Crippen LogP contribution is 2.22. The van der Waals surface area contributed by atoms with Crippen LogP contribution in [0.15, 0.2) is 23.1 Å². The van der Waals surface area contributed by atoms with Crippen LogP contribution in [-0.2, 0) is 0 Å². The molecule has 1 amide bonds. The Labute approximate surface area is 115 Å². The second kappa shape index (κ2) is 6.18. The molecule has 1 fully saturated rings. The molecule has 1 N–H and O–H groups in total. The van der Waals surface area contributed by atoms with E-state index in [1.165, 1.54) is 18.7 Å². The number of aromatic nitrogens is 1. The van der Waals surface area contributed by atoms with Crippen molar-refractivity contribution >= 4 is 21.8 Å². The lowest BCUT2D eigenvalue weighted by molar-refractivity contribution is 0.0609. The number of halogens is 1. The first kappa shape index (κ1) is 13.3. The monoisotopic (exact) mass is 312 g/mol. The summed E-state index contributed by atoms with van der Waals surface area (Å²) >= 11 is 3.44. The minimum Gasteiger partial charge on any atom is -0.336 e. The van der Waals surface area contributed by atoms with Gasteiger partial charge >= 0.3 is 0 Å². The Morgan fingerprint density at radius 3 is 2.94 bits per heavy atom. The number of piperidine rings is 1. The predicted octanol–water partition coefficient (Wildman–Crippen LogP) is 2.15. The molecule has 2 rings (SSSR count). The summed E-state index contributed by atoms with van der Waals surface area (Å²) in [5.41, 5.74) is 0.387. The van der Waals surface area contributed by atoms with E-state index >= 15 is 0 Å². The average molecular weight is 313 g/mol. The quantitative estimate of drug-likeness (QED) is 0.870. The molecule has 18 heavy (non-hydrogen) atoms. The van der Waals surface area contributed by atoms with Gasteiger partial charge in [0.05, 0.1) is 5.56 Å². The third-order valence-electron chi connectivity index (χ3n) is 3.36. The van der Waals surface area contributed by atoms with Gasteiger partial charge in [0.25, 0.3) is 5.91 Å². The van der Waals surface area contributed by atoms with E-state index in [-0.39, 0.29) is 11.5 Å². The smallest absolute Gasteiger partial charge is 0.255 e. The van der Waals surface area contributed by atoms with E-state index in [9.17, 15) is 9.59 Å². The Morgan fingerprint density at radius 2 is 2.28 bits per heavy atom. The highest BCUT2D eigenvalue weighted by molar-refractivity contribution is 9.09. The number of nitrogens with one attached hydrogen (secondary N) is 1. The Balaban J connectivity index is 2.15. The molecule has 0 aliphatic carbocycles. The van der Waals surface area contributed by atoms with Gasteiger partial charge in [0.2, 0.25) is 5.56 Å². The van der Waals surface area contributed by atoms with Gasteiger partial charge in [0, 0.05) is 30.2 Å². The molecule has 1 unspecified atom stereocenters. The van der Waals surface area contributed by atoms with E-state index in [1.807, 2.05) is 4.90 Å². The molecule has 1 saturated heterocycles. The lowest BCUT2D eigenvalue weighted by Crippen LogP contribution is -2.44.